The normalized spacial score (nSPS) is 15.9. The zero-order valence-electron chi connectivity index (χ0n) is 19.2. The third-order valence-electron chi connectivity index (χ3n) is 6.03. The topological polar surface area (TPSA) is 55.8 Å². The van der Waals surface area contributed by atoms with Gasteiger partial charge in [-0.05, 0) is 47.9 Å². The summed E-state index contributed by atoms with van der Waals surface area (Å²) < 4.78 is 10.9. The maximum atomic E-state index is 13.4. The molecule has 34 heavy (non-hydrogen) atoms. The van der Waals surface area contributed by atoms with Gasteiger partial charge in [0.25, 0.3) is 0 Å². The van der Waals surface area contributed by atoms with Crippen LogP contribution in [0.2, 0.25) is 5.02 Å². The molecule has 4 rings (SSSR count). The first-order chi connectivity index (χ1) is 16.5. The summed E-state index contributed by atoms with van der Waals surface area (Å²) in [7, 11) is 1.61. The van der Waals surface area contributed by atoms with Crippen LogP contribution in [0.5, 0.6) is 5.75 Å². The molecule has 5 nitrogen and oxygen atoms in total. The first-order valence-electron chi connectivity index (χ1n) is 11.1. The van der Waals surface area contributed by atoms with Crippen molar-refractivity contribution in [3.8, 4) is 5.75 Å². The molecule has 1 heterocycles. The van der Waals surface area contributed by atoms with E-state index in [1.54, 1.807) is 24.1 Å². The lowest BCUT2D eigenvalue weighted by Crippen LogP contribution is -2.38. The quantitative estimate of drug-likeness (QED) is 0.400. The van der Waals surface area contributed by atoms with Crippen molar-refractivity contribution in [3.05, 3.63) is 112 Å². The fourth-order valence-electron chi connectivity index (χ4n) is 4.16. The van der Waals surface area contributed by atoms with E-state index in [-0.39, 0.29) is 18.9 Å². The first kappa shape index (κ1) is 23.6. The minimum atomic E-state index is -0.423. The highest BCUT2D eigenvalue weighted by Crippen LogP contribution is 2.38. The largest absolute Gasteiger partial charge is 0.497 e. The average molecular weight is 476 g/mol. The summed E-state index contributed by atoms with van der Waals surface area (Å²) in [4.78, 5) is 28.2. The smallest absolute Gasteiger partial charge is 0.336 e. The van der Waals surface area contributed by atoms with Gasteiger partial charge in [-0.15, -0.1) is 0 Å². The Bertz CT molecular complexity index is 1190. The number of carbonyl (C=O) groups is 2. The van der Waals surface area contributed by atoms with E-state index in [0.717, 1.165) is 22.4 Å². The highest BCUT2D eigenvalue weighted by atomic mass is 35.5. The molecule has 3 aromatic rings. The molecule has 0 radical (unpaired) electrons. The minimum Gasteiger partial charge on any atom is -0.497 e. The molecule has 174 valence electrons. The second kappa shape index (κ2) is 10.6. The maximum absolute atomic E-state index is 13.4. The molecule has 1 aliphatic rings. The van der Waals surface area contributed by atoms with Gasteiger partial charge in [0.05, 0.1) is 19.2 Å². The minimum absolute atomic E-state index is 0.0483. The molecule has 1 amide bonds. The molecule has 1 unspecified atom stereocenters. The van der Waals surface area contributed by atoms with E-state index in [2.05, 4.69) is 0 Å². The van der Waals surface area contributed by atoms with Crippen LogP contribution in [0.15, 0.2) is 90.1 Å². The summed E-state index contributed by atoms with van der Waals surface area (Å²) in [5.41, 5.74) is 3.79. The van der Waals surface area contributed by atoms with Crippen LogP contribution in [-0.2, 0) is 27.5 Å². The Morgan fingerprint density at radius 1 is 0.971 bits per heavy atom. The Hall–Kier alpha value is -3.57. The van der Waals surface area contributed by atoms with Gasteiger partial charge in [0.15, 0.2) is 0 Å². The fraction of sp³-hybridized carbons (Fsp3) is 0.214. The van der Waals surface area contributed by atoms with E-state index in [1.165, 1.54) is 0 Å². The molecular formula is C28H26ClNO4. The predicted molar refractivity (Wildman–Crippen MR) is 131 cm³/mol. The second-order valence-electron chi connectivity index (χ2n) is 8.20. The predicted octanol–water partition coefficient (Wildman–Crippen LogP) is 5.88. The van der Waals surface area contributed by atoms with Gasteiger partial charge in [-0.1, -0.05) is 66.2 Å². The van der Waals surface area contributed by atoms with Crippen LogP contribution in [0.3, 0.4) is 0 Å². The van der Waals surface area contributed by atoms with Gasteiger partial charge in [-0.2, -0.15) is 0 Å². The second-order valence-corrected chi connectivity index (χ2v) is 8.63. The van der Waals surface area contributed by atoms with Gasteiger partial charge in [-0.25, -0.2) is 4.79 Å². The number of allylic oxidation sites excluding steroid dienone is 1. The highest BCUT2D eigenvalue weighted by Gasteiger charge is 2.37. The molecule has 0 spiro atoms. The van der Waals surface area contributed by atoms with E-state index >= 15 is 0 Å². The number of methoxy groups -OCH3 is 1. The van der Waals surface area contributed by atoms with Crippen molar-refractivity contribution < 1.29 is 19.1 Å². The number of hydrogen-bond donors (Lipinski definition) is 0. The Kier molecular flexibility index (Phi) is 7.33. The van der Waals surface area contributed by atoms with Crippen molar-refractivity contribution in [1.29, 1.82) is 0 Å². The number of amides is 1. The lowest BCUT2D eigenvalue weighted by atomic mass is 9.83. The van der Waals surface area contributed by atoms with Crippen LogP contribution >= 0.6 is 11.6 Å². The Morgan fingerprint density at radius 3 is 2.29 bits per heavy atom. The lowest BCUT2D eigenvalue weighted by molar-refractivity contribution is -0.141. The Labute approximate surface area is 204 Å². The van der Waals surface area contributed by atoms with E-state index in [9.17, 15) is 9.59 Å². The number of hydrogen-bond acceptors (Lipinski definition) is 4. The van der Waals surface area contributed by atoms with Crippen molar-refractivity contribution in [2.75, 3.05) is 7.11 Å². The van der Waals surface area contributed by atoms with Crippen LogP contribution in [0.1, 0.15) is 36.0 Å². The summed E-state index contributed by atoms with van der Waals surface area (Å²) >= 11 is 6.07. The van der Waals surface area contributed by atoms with E-state index < -0.39 is 11.9 Å². The molecule has 6 heteroatoms. The molecule has 3 aromatic carbocycles. The van der Waals surface area contributed by atoms with E-state index in [4.69, 9.17) is 21.1 Å². The molecule has 0 aliphatic carbocycles. The Balaban J connectivity index is 1.66. The fourth-order valence-corrected chi connectivity index (χ4v) is 4.29. The van der Waals surface area contributed by atoms with E-state index in [0.29, 0.717) is 22.8 Å². The van der Waals surface area contributed by atoms with E-state index in [1.807, 2.05) is 73.7 Å². The number of rotatable bonds is 7. The van der Waals surface area contributed by atoms with Crippen LogP contribution in [-0.4, -0.2) is 23.9 Å². The molecule has 0 saturated carbocycles. The molecule has 0 bridgehead atoms. The van der Waals surface area contributed by atoms with Crippen molar-refractivity contribution in [1.82, 2.24) is 4.90 Å². The number of halogens is 1. The number of nitrogens with zero attached hydrogens (tertiary/aromatic N) is 1. The highest BCUT2D eigenvalue weighted by molar-refractivity contribution is 6.30. The lowest BCUT2D eigenvalue weighted by Gasteiger charge is -2.34. The van der Waals surface area contributed by atoms with Gasteiger partial charge in [0.2, 0.25) is 5.91 Å². The molecule has 0 aromatic heterocycles. The van der Waals surface area contributed by atoms with Crippen LogP contribution in [0, 0.1) is 0 Å². The summed E-state index contributed by atoms with van der Waals surface area (Å²) in [6.45, 7) is 2.33. The molecule has 0 N–H and O–H groups in total. The van der Waals surface area contributed by atoms with Gasteiger partial charge >= 0.3 is 5.97 Å². The zero-order chi connectivity index (χ0) is 24.1. The molecular weight excluding hydrogens is 450 g/mol. The van der Waals surface area contributed by atoms with Gasteiger partial charge in [0.1, 0.15) is 12.4 Å². The van der Waals surface area contributed by atoms with Gasteiger partial charge in [-0.3, -0.25) is 4.79 Å². The van der Waals surface area contributed by atoms with Crippen molar-refractivity contribution >= 4 is 23.5 Å². The molecule has 1 aliphatic heterocycles. The van der Waals surface area contributed by atoms with Gasteiger partial charge in [0, 0.05) is 23.1 Å². The number of esters is 1. The van der Waals surface area contributed by atoms with Crippen molar-refractivity contribution in [2.45, 2.75) is 32.4 Å². The monoisotopic (exact) mass is 475 g/mol. The first-order valence-corrected chi connectivity index (χ1v) is 11.4. The summed E-state index contributed by atoms with van der Waals surface area (Å²) in [6.07, 6.45) is 0.172. The maximum Gasteiger partial charge on any atom is 0.336 e. The molecule has 0 saturated heterocycles. The Morgan fingerprint density at radius 2 is 1.65 bits per heavy atom. The number of benzene rings is 3. The van der Waals surface area contributed by atoms with Crippen LogP contribution in [0.25, 0.3) is 0 Å². The third-order valence-corrected chi connectivity index (χ3v) is 6.28. The SMILES string of the molecule is COc1ccc(CN2C(=O)CC(c3ccc(Cl)cc3)C(C(=O)OCc3ccccc3)=C2C)cc1. The molecule has 1 atom stereocenters. The molecule has 0 fully saturated rings. The standard InChI is InChI=1S/C28H26ClNO4/c1-19-27(28(32)34-18-21-6-4-3-5-7-21)25(22-10-12-23(29)13-11-22)16-26(31)30(19)17-20-8-14-24(33-2)15-9-20/h3-15,25H,16-18H2,1-2H3. The number of carbonyl (C=O) groups excluding carboxylic acids is 2. The summed E-state index contributed by atoms with van der Waals surface area (Å²) in [5.74, 6) is -0.129. The van der Waals surface area contributed by atoms with Crippen molar-refractivity contribution in [3.63, 3.8) is 0 Å². The van der Waals surface area contributed by atoms with Crippen LogP contribution < -0.4 is 4.74 Å². The third kappa shape index (κ3) is 5.32. The number of ether oxygens (including phenoxy) is 2. The van der Waals surface area contributed by atoms with Crippen LogP contribution in [0.4, 0.5) is 0 Å². The zero-order valence-corrected chi connectivity index (χ0v) is 19.9. The van der Waals surface area contributed by atoms with Crippen molar-refractivity contribution in [2.24, 2.45) is 0 Å². The average Bonchev–Trinajstić information content (AvgIpc) is 2.86. The van der Waals surface area contributed by atoms with Gasteiger partial charge < -0.3 is 14.4 Å². The summed E-state index contributed by atoms with van der Waals surface area (Å²) in [6, 6.07) is 24.3. The summed E-state index contributed by atoms with van der Waals surface area (Å²) in [5, 5.41) is 0.598.